The lowest BCUT2D eigenvalue weighted by molar-refractivity contribution is -0.141. The lowest BCUT2D eigenvalue weighted by atomic mass is 9.93. The first-order chi connectivity index (χ1) is 29.1. The van der Waals surface area contributed by atoms with Gasteiger partial charge in [-0.2, -0.15) is 0 Å². The van der Waals surface area contributed by atoms with Crippen molar-refractivity contribution < 1.29 is 39.0 Å². The summed E-state index contributed by atoms with van der Waals surface area (Å²) in [6.45, 7) is 3.11. The number of amides is 5. The number of aromatic hydroxyl groups is 2. The van der Waals surface area contributed by atoms with Crippen LogP contribution < -0.4 is 32.7 Å². The van der Waals surface area contributed by atoms with Crippen LogP contribution in [-0.4, -0.2) is 82.2 Å². The molecule has 4 aromatic rings. The maximum atomic E-state index is 14.5. The molecule has 61 heavy (non-hydrogen) atoms. The Morgan fingerprint density at radius 2 is 1.51 bits per heavy atom. The topological polar surface area (TPSA) is 246 Å². The molecule has 4 atom stereocenters. The first-order valence-corrected chi connectivity index (χ1v) is 20.1. The number of halogens is 1. The number of likely N-dealkylation sites (N-methyl/N-ethyl adjacent to an activating group) is 1. The van der Waals surface area contributed by atoms with E-state index in [9.17, 15) is 39.0 Å². The van der Waals surface area contributed by atoms with Crippen LogP contribution in [-0.2, 0) is 30.4 Å². The number of benzene rings is 4. The average molecular weight is 852 g/mol. The van der Waals surface area contributed by atoms with Gasteiger partial charge in [-0.3, -0.25) is 28.8 Å². The van der Waals surface area contributed by atoms with Crippen molar-refractivity contribution in [2.75, 3.05) is 13.6 Å². The van der Waals surface area contributed by atoms with Crippen molar-refractivity contribution in [3.63, 3.8) is 0 Å². The van der Waals surface area contributed by atoms with Crippen molar-refractivity contribution in [3.8, 4) is 33.8 Å². The van der Waals surface area contributed by atoms with Gasteiger partial charge in [-0.25, -0.2) is 0 Å². The third-order valence-corrected chi connectivity index (χ3v) is 10.5. The van der Waals surface area contributed by atoms with E-state index in [2.05, 4.69) is 21.3 Å². The molecule has 4 unspecified atom stereocenters. The highest BCUT2D eigenvalue weighted by Crippen LogP contribution is 2.39. The number of hydrogen-bond acceptors (Lipinski definition) is 10. The molecule has 1 heterocycles. The summed E-state index contributed by atoms with van der Waals surface area (Å²) < 4.78 is 0. The van der Waals surface area contributed by atoms with Crippen molar-refractivity contribution in [1.82, 2.24) is 26.2 Å². The number of ketones is 1. The predicted molar refractivity (Wildman–Crippen MR) is 231 cm³/mol. The van der Waals surface area contributed by atoms with Gasteiger partial charge in [0.25, 0.3) is 5.91 Å². The van der Waals surface area contributed by atoms with Crippen LogP contribution in [0.15, 0.2) is 96.8 Å². The minimum absolute atomic E-state index is 0.0331. The third kappa shape index (κ3) is 11.7. The second kappa shape index (κ2) is 20.5. The van der Waals surface area contributed by atoms with Gasteiger partial charge in [-0.15, -0.1) is 0 Å². The number of Topliss-reactive ketones (excluding diaryl/α,β-unsaturated/α-hetero) is 1. The van der Waals surface area contributed by atoms with Crippen LogP contribution >= 0.6 is 11.6 Å². The smallest absolute Gasteiger partial charge is 0.251 e. The molecule has 16 heteroatoms. The zero-order valence-corrected chi connectivity index (χ0v) is 34.8. The van der Waals surface area contributed by atoms with Crippen molar-refractivity contribution in [3.05, 3.63) is 119 Å². The molecule has 0 aliphatic carbocycles. The van der Waals surface area contributed by atoms with Crippen LogP contribution in [0.2, 0.25) is 5.02 Å². The predicted octanol–water partition coefficient (Wildman–Crippen LogP) is 3.95. The van der Waals surface area contributed by atoms with E-state index in [1.165, 1.54) is 57.3 Å². The minimum Gasteiger partial charge on any atom is -0.507 e. The van der Waals surface area contributed by atoms with Crippen LogP contribution in [0.25, 0.3) is 22.3 Å². The highest BCUT2D eigenvalue weighted by molar-refractivity contribution is 6.30. The Labute approximate surface area is 358 Å². The second-order valence-electron chi connectivity index (χ2n) is 14.9. The molecule has 0 aromatic heterocycles. The number of carbonyl (C=O) groups is 6. The number of rotatable bonds is 13. The second-order valence-corrected chi connectivity index (χ2v) is 15.4. The van der Waals surface area contributed by atoms with Crippen molar-refractivity contribution in [2.45, 2.75) is 70.1 Å². The van der Waals surface area contributed by atoms with E-state index in [1.54, 1.807) is 42.5 Å². The molecular formula is C45H50ClN7O8. The third-order valence-electron chi connectivity index (χ3n) is 10.2. The molecule has 0 fully saturated rings. The van der Waals surface area contributed by atoms with Crippen LogP contribution in [0.1, 0.15) is 67.1 Å². The van der Waals surface area contributed by atoms with E-state index in [4.69, 9.17) is 23.1 Å². The van der Waals surface area contributed by atoms with E-state index < -0.39 is 53.7 Å². The number of phenols is 2. The van der Waals surface area contributed by atoms with Gasteiger partial charge in [0.05, 0.1) is 5.82 Å². The summed E-state index contributed by atoms with van der Waals surface area (Å²) in [4.78, 5) is 82.4. The van der Waals surface area contributed by atoms with Gasteiger partial charge in [-0.1, -0.05) is 48.0 Å². The molecule has 15 nitrogen and oxygen atoms in total. The van der Waals surface area contributed by atoms with Gasteiger partial charge in [-0.05, 0) is 117 Å². The quantitative estimate of drug-likeness (QED) is 0.0901. The molecule has 0 saturated carbocycles. The minimum atomic E-state index is -1.44. The van der Waals surface area contributed by atoms with Gasteiger partial charge in [0.2, 0.25) is 23.6 Å². The maximum Gasteiger partial charge on any atom is 0.251 e. The number of carbonyl (C=O) groups excluding carboxylic acids is 6. The van der Waals surface area contributed by atoms with Crippen LogP contribution in [0, 0.1) is 0 Å². The van der Waals surface area contributed by atoms with Crippen LogP contribution in [0.3, 0.4) is 0 Å². The molecule has 0 saturated heterocycles. The summed E-state index contributed by atoms with van der Waals surface area (Å²) >= 11 is 6.04. The fraction of sp³-hybridized carbons (Fsp3) is 0.289. The Bertz CT molecular complexity index is 2320. The highest BCUT2D eigenvalue weighted by atomic mass is 35.5. The number of nitrogens with zero attached hydrogens (tertiary/aromatic N) is 1. The van der Waals surface area contributed by atoms with Crippen molar-refractivity contribution in [1.29, 1.82) is 0 Å². The van der Waals surface area contributed by atoms with Crippen molar-refractivity contribution >= 4 is 46.9 Å². The number of nitrogens with one attached hydrogen (secondary N) is 4. The zero-order chi connectivity index (χ0) is 44.4. The Balaban J connectivity index is 1.49. The zero-order valence-electron chi connectivity index (χ0n) is 34.0. The molecule has 5 rings (SSSR count). The summed E-state index contributed by atoms with van der Waals surface area (Å²) in [5.41, 5.74) is 14.7. The fourth-order valence-electron chi connectivity index (χ4n) is 6.87. The number of fused-ring (bicyclic) bond motifs is 5. The van der Waals surface area contributed by atoms with Crippen LogP contribution in [0.4, 0.5) is 0 Å². The Kier molecular flexibility index (Phi) is 15.3. The fourth-order valence-corrected chi connectivity index (χ4v) is 7.00. The first-order valence-electron chi connectivity index (χ1n) is 19.7. The van der Waals surface area contributed by atoms with Gasteiger partial charge < -0.3 is 47.8 Å². The standard InChI is InChI=1S/C45H50ClN7O8/c1-25(54)7-20-39(48)52-43(59)36-23-27-8-18-37(55)33(22-27)34-24-31(15-19-38(34)56)40(44(60)49-26(2)41(57)51-36)53(3)45(61)35(6-4-5-21-47)50-42(58)30-11-9-28(10-12-30)29-13-16-32(46)17-14-29/h8-20,22,24,26,35-36,40,55-56H,4-7,21,23,47-48H2,1-3H3,(H,49,60)(H,50,58)(H,51,57)(H,52,59)/b39-20+. The van der Waals surface area contributed by atoms with E-state index in [0.717, 1.165) is 16.0 Å². The van der Waals surface area contributed by atoms with Gasteiger partial charge in [0, 0.05) is 41.6 Å². The van der Waals surface area contributed by atoms with Crippen LogP contribution in [0.5, 0.6) is 11.5 Å². The highest BCUT2D eigenvalue weighted by Gasteiger charge is 2.36. The molecule has 10 N–H and O–H groups in total. The largest absolute Gasteiger partial charge is 0.507 e. The number of hydrogen-bond donors (Lipinski definition) is 8. The van der Waals surface area contributed by atoms with Crippen molar-refractivity contribution in [2.24, 2.45) is 11.5 Å². The Morgan fingerprint density at radius 3 is 2.15 bits per heavy atom. The normalized spacial score (nSPS) is 17.2. The molecule has 0 radical (unpaired) electrons. The SMILES string of the molecule is CC(=O)C/C=C(\N)NC(=O)C1Cc2ccc(O)c(c2)-c2cc(ccc2O)C(N(C)C(=O)C(CCCCN)NC(=O)c2ccc(-c3ccc(Cl)cc3)cc2)C(=O)NC(C)C(=O)N1. The number of allylic oxidation sites excluding steroid dienone is 1. The molecule has 4 bridgehead atoms. The van der Waals surface area contributed by atoms with Gasteiger partial charge in [0.15, 0.2) is 0 Å². The monoisotopic (exact) mass is 851 g/mol. The molecule has 320 valence electrons. The van der Waals surface area contributed by atoms with E-state index in [0.29, 0.717) is 35.5 Å². The maximum absolute atomic E-state index is 14.5. The molecule has 4 aromatic carbocycles. The van der Waals surface area contributed by atoms with E-state index >= 15 is 0 Å². The molecule has 0 spiro atoms. The summed E-state index contributed by atoms with van der Waals surface area (Å²) in [5.74, 6) is -4.23. The summed E-state index contributed by atoms with van der Waals surface area (Å²) in [5, 5.41) is 33.4. The molecular weight excluding hydrogens is 802 g/mol. The molecule has 1 aliphatic rings. The lowest BCUT2D eigenvalue weighted by Gasteiger charge is -2.32. The first kappa shape index (κ1) is 45.4. The summed E-state index contributed by atoms with van der Waals surface area (Å²) in [7, 11) is 1.39. The van der Waals surface area contributed by atoms with Gasteiger partial charge >= 0.3 is 0 Å². The molecule has 1 aliphatic heterocycles. The summed E-state index contributed by atoms with van der Waals surface area (Å²) in [6, 6.07) is 17.7. The Morgan fingerprint density at radius 1 is 0.885 bits per heavy atom. The Hall–Kier alpha value is -6.71. The van der Waals surface area contributed by atoms with E-state index in [1.807, 2.05) is 12.1 Å². The number of nitrogens with two attached hydrogens (primary N) is 2. The molecule has 5 amide bonds. The number of phenolic OH excluding ortho intramolecular Hbond substituents is 2. The summed E-state index contributed by atoms with van der Waals surface area (Å²) in [6.07, 6.45) is 2.40. The average Bonchev–Trinajstić information content (AvgIpc) is 3.23. The van der Waals surface area contributed by atoms with Gasteiger partial charge in [0.1, 0.15) is 41.4 Å². The number of unbranched alkanes of at least 4 members (excludes halogenated alkanes) is 1. The van der Waals surface area contributed by atoms with E-state index in [-0.39, 0.29) is 59.1 Å². The lowest BCUT2D eigenvalue weighted by Crippen LogP contribution is -2.56.